The Hall–Kier alpha value is -4.04. The van der Waals surface area contributed by atoms with Gasteiger partial charge in [-0.05, 0) is 33.7 Å². The van der Waals surface area contributed by atoms with Crippen LogP contribution in [-0.2, 0) is 5.41 Å². The van der Waals surface area contributed by atoms with Crippen LogP contribution in [0.1, 0.15) is 25.0 Å². The van der Waals surface area contributed by atoms with E-state index in [1.54, 1.807) is 0 Å². The number of fused-ring (bicyclic) bond motifs is 5. The molecule has 1 aromatic heterocycles. The van der Waals surface area contributed by atoms with E-state index in [-0.39, 0.29) is 12.3 Å². The molecule has 5 aromatic carbocycles. The van der Waals surface area contributed by atoms with Gasteiger partial charge in [-0.25, -0.2) is 0 Å². The summed E-state index contributed by atoms with van der Waals surface area (Å²) < 4.78 is 2.61. The molecule has 1 aliphatic heterocycles. The second kappa shape index (κ2) is 7.48. The summed E-state index contributed by atoms with van der Waals surface area (Å²) in [6.45, 7) is 4.83. The van der Waals surface area contributed by atoms with E-state index in [1.165, 1.54) is 55.0 Å². The average molecular weight is 447 g/mol. The summed E-state index contributed by atoms with van der Waals surface area (Å²) in [6.07, 6.45) is 0. The molecule has 166 valence electrons. The minimum Gasteiger partial charge on any atom is -0.375 e. The quantitative estimate of drug-likeness (QED) is 0.259. The standard InChI is InChI=1S/C33H26BN/c1-33(2)27-18-7-9-20-29(27)34(30-21-10-8-19-28(30)33)35-31-22-11-6-15-25(31)26-17-12-16-24(32(26)35)23-13-4-3-5-14-23/h3-22H,1-2H3. The Bertz CT molecular complexity index is 1680. The van der Waals surface area contributed by atoms with Gasteiger partial charge in [-0.1, -0.05) is 129 Å². The van der Waals surface area contributed by atoms with Gasteiger partial charge in [0.1, 0.15) is 0 Å². The highest BCUT2D eigenvalue weighted by molar-refractivity contribution is 6.86. The van der Waals surface area contributed by atoms with E-state index in [0.717, 1.165) is 0 Å². The maximum atomic E-state index is 2.61. The fourth-order valence-corrected chi connectivity index (χ4v) is 6.37. The fourth-order valence-electron chi connectivity index (χ4n) is 6.37. The summed E-state index contributed by atoms with van der Waals surface area (Å²) >= 11 is 0. The van der Waals surface area contributed by atoms with Crippen molar-refractivity contribution in [3.8, 4) is 11.1 Å². The van der Waals surface area contributed by atoms with E-state index in [2.05, 4.69) is 140 Å². The molecule has 6 aromatic rings. The van der Waals surface area contributed by atoms with Crippen LogP contribution in [0.2, 0.25) is 0 Å². The van der Waals surface area contributed by atoms with Gasteiger partial charge in [0.15, 0.2) is 0 Å². The van der Waals surface area contributed by atoms with Gasteiger partial charge in [-0.15, -0.1) is 0 Å². The first-order valence-corrected chi connectivity index (χ1v) is 12.4. The van der Waals surface area contributed by atoms with Crippen molar-refractivity contribution >= 4 is 39.6 Å². The van der Waals surface area contributed by atoms with Crippen molar-refractivity contribution in [1.82, 2.24) is 4.48 Å². The molecule has 0 atom stereocenters. The number of nitrogens with zero attached hydrogens (tertiary/aromatic N) is 1. The molecule has 0 bridgehead atoms. The Morgan fingerprint density at radius 2 is 1.11 bits per heavy atom. The SMILES string of the molecule is CC1(C)c2ccccc2B(n2c3ccccc3c3cccc(-c4ccccc4)c32)c2ccccc21. The van der Waals surface area contributed by atoms with E-state index < -0.39 is 0 Å². The van der Waals surface area contributed by atoms with Crippen molar-refractivity contribution in [1.29, 1.82) is 0 Å². The van der Waals surface area contributed by atoms with Gasteiger partial charge < -0.3 is 4.48 Å². The molecule has 7 rings (SSSR count). The Morgan fingerprint density at radius 3 is 1.83 bits per heavy atom. The van der Waals surface area contributed by atoms with Gasteiger partial charge in [0, 0.05) is 32.8 Å². The summed E-state index contributed by atoms with van der Waals surface area (Å²) in [4.78, 5) is 0. The lowest BCUT2D eigenvalue weighted by molar-refractivity contribution is 0.645. The van der Waals surface area contributed by atoms with E-state index >= 15 is 0 Å². The highest BCUT2D eigenvalue weighted by Crippen LogP contribution is 2.39. The maximum absolute atomic E-state index is 2.61. The minimum atomic E-state index is -0.0509. The molecule has 0 fully saturated rings. The van der Waals surface area contributed by atoms with Crippen molar-refractivity contribution in [2.75, 3.05) is 0 Å². The van der Waals surface area contributed by atoms with E-state index in [0.29, 0.717) is 0 Å². The van der Waals surface area contributed by atoms with Crippen molar-refractivity contribution in [2.24, 2.45) is 0 Å². The molecule has 0 N–H and O–H groups in total. The highest BCUT2D eigenvalue weighted by atomic mass is 14.9. The summed E-state index contributed by atoms with van der Waals surface area (Å²) in [5, 5.41) is 2.61. The Balaban J connectivity index is 1.67. The molecule has 1 aliphatic rings. The fraction of sp³-hybridized carbons (Fsp3) is 0.0909. The van der Waals surface area contributed by atoms with Gasteiger partial charge in [-0.3, -0.25) is 0 Å². The van der Waals surface area contributed by atoms with Crippen molar-refractivity contribution in [3.63, 3.8) is 0 Å². The Labute approximate surface area is 206 Å². The number of para-hydroxylation sites is 2. The lowest BCUT2D eigenvalue weighted by Gasteiger charge is -2.39. The van der Waals surface area contributed by atoms with Crippen LogP contribution >= 0.6 is 0 Å². The molecule has 0 aliphatic carbocycles. The monoisotopic (exact) mass is 447 g/mol. The van der Waals surface area contributed by atoms with E-state index in [1.807, 2.05) is 0 Å². The zero-order valence-corrected chi connectivity index (χ0v) is 20.1. The third-order valence-corrected chi connectivity index (χ3v) is 7.93. The lowest BCUT2D eigenvalue weighted by Crippen LogP contribution is -2.58. The Kier molecular flexibility index (Phi) is 4.35. The molecule has 2 heterocycles. The molecule has 2 heteroatoms. The van der Waals surface area contributed by atoms with Crippen LogP contribution < -0.4 is 10.9 Å². The number of aromatic nitrogens is 1. The third-order valence-electron chi connectivity index (χ3n) is 7.93. The predicted molar refractivity (Wildman–Crippen MR) is 150 cm³/mol. The highest BCUT2D eigenvalue weighted by Gasteiger charge is 2.41. The van der Waals surface area contributed by atoms with Crippen molar-refractivity contribution in [2.45, 2.75) is 19.3 Å². The molecule has 0 radical (unpaired) electrons. The van der Waals surface area contributed by atoms with Gasteiger partial charge in [0.2, 0.25) is 0 Å². The van der Waals surface area contributed by atoms with Crippen LogP contribution in [0.3, 0.4) is 0 Å². The van der Waals surface area contributed by atoms with Crippen LogP contribution in [0.4, 0.5) is 0 Å². The first-order valence-electron chi connectivity index (χ1n) is 12.4. The molecule has 0 unspecified atom stereocenters. The van der Waals surface area contributed by atoms with Crippen LogP contribution in [0.15, 0.2) is 121 Å². The molecule has 0 saturated heterocycles. The van der Waals surface area contributed by atoms with Gasteiger partial charge in [-0.2, -0.15) is 0 Å². The Morgan fingerprint density at radius 1 is 0.543 bits per heavy atom. The number of benzene rings is 5. The van der Waals surface area contributed by atoms with Crippen molar-refractivity contribution < 1.29 is 0 Å². The molecular formula is C33H26BN. The van der Waals surface area contributed by atoms with Gasteiger partial charge in [0.25, 0.3) is 0 Å². The van der Waals surface area contributed by atoms with Crippen molar-refractivity contribution in [3.05, 3.63) is 132 Å². The smallest absolute Gasteiger partial charge is 0.328 e. The van der Waals surface area contributed by atoms with Crippen LogP contribution in [0, 0.1) is 0 Å². The zero-order valence-electron chi connectivity index (χ0n) is 20.1. The minimum absolute atomic E-state index is 0.0509. The number of hydrogen-bond donors (Lipinski definition) is 0. The van der Waals surface area contributed by atoms with Crippen LogP contribution in [0.5, 0.6) is 0 Å². The molecule has 1 nitrogen and oxygen atoms in total. The second-order valence-electron chi connectivity index (χ2n) is 10.2. The summed E-state index contributed by atoms with van der Waals surface area (Å²) in [5.41, 5.74) is 10.7. The van der Waals surface area contributed by atoms with E-state index in [9.17, 15) is 0 Å². The van der Waals surface area contributed by atoms with Crippen LogP contribution in [0.25, 0.3) is 32.9 Å². The molecule has 0 saturated carbocycles. The first-order chi connectivity index (χ1) is 17.2. The van der Waals surface area contributed by atoms with Crippen LogP contribution in [-0.4, -0.2) is 11.3 Å². The number of rotatable bonds is 2. The van der Waals surface area contributed by atoms with E-state index in [4.69, 9.17) is 0 Å². The van der Waals surface area contributed by atoms with Gasteiger partial charge >= 0.3 is 6.85 Å². The molecule has 0 spiro atoms. The molecular weight excluding hydrogens is 421 g/mol. The molecule has 35 heavy (non-hydrogen) atoms. The predicted octanol–water partition coefficient (Wildman–Crippen LogP) is 6.75. The largest absolute Gasteiger partial charge is 0.375 e. The van der Waals surface area contributed by atoms with Gasteiger partial charge in [0.05, 0.1) is 0 Å². The number of hydrogen-bond acceptors (Lipinski definition) is 0. The summed E-state index contributed by atoms with van der Waals surface area (Å²) in [6, 6.07) is 44.5. The lowest BCUT2D eigenvalue weighted by atomic mass is 9.41. The first kappa shape index (κ1) is 20.3. The molecule has 0 amide bonds. The third kappa shape index (κ3) is 2.83. The topological polar surface area (TPSA) is 4.93 Å². The normalized spacial score (nSPS) is 14.2. The average Bonchev–Trinajstić information content (AvgIpc) is 3.24. The summed E-state index contributed by atoms with van der Waals surface area (Å²) in [5.74, 6) is 0. The maximum Gasteiger partial charge on any atom is 0.328 e. The second-order valence-corrected chi connectivity index (χ2v) is 10.2. The zero-order chi connectivity index (χ0) is 23.6. The summed E-state index contributed by atoms with van der Waals surface area (Å²) in [7, 11) is 0.